The average Bonchev–Trinajstić information content (AvgIpc) is 1.63. The fourth-order valence-corrected chi connectivity index (χ4v) is 10.8. The van der Waals surface area contributed by atoms with Gasteiger partial charge in [0.1, 0.15) is 72.6 Å². The first kappa shape index (κ1) is 72.9. The Hall–Kier alpha value is -8.12. The molecule has 7 amide bonds. The molecule has 0 aliphatic carbocycles. The SMILES string of the molecule is CC(=O)[O-].CCCCCOc1ccc(-c2ccc(-c3ccc(C(=O)N[C@H]4C[C@@H](O)[C@@H](OCC[N+](C)(C)C)NC(=O)[C@@H]5[C@@H](O)[C@@H](C)CN5C(=O)[C@H]([C@@H](C)O)NC(=O)[C@H]([C@H](O)[C@@H](O)c5ccc(O)cc5)NC(=O)[C@@H]5C[C@@H](O)CN5C(=O)[C@H]([C@@H](C)O)NC4=O)cc3)cc2)cc1. The molecule has 7 rings (SSSR count). The van der Waals surface area contributed by atoms with Gasteiger partial charge in [-0.1, -0.05) is 87.4 Å². The van der Waals surface area contributed by atoms with Gasteiger partial charge in [0.2, 0.25) is 35.4 Å². The number of aliphatic carboxylic acids is 1. The van der Waals surface area contributed by atoms with Crippen LogP contribution >= 0.6 is 0 Å². The number of amides is 7. The van der Waals surface area contributed by atoms with Gasteiger partial charge in [0, 0.05) is 43.4 Å². The van der Waals surface area contributed by atoms with E-state index in [-0.39, 0.29) is 36.6 Å². The highest BCUT2D eigenvalue weighted by Crippen LogP contribution is 2.30. The Morgan fingerprint density at radius 3 is 1.71 bits per heavy atom. The summed E-state index contributed by atoms with van der Waals surface area (Å²) in [5, 5.41) is 111. The Kier molecular flexibility index (Phi) is 26.1. The summed E-state index contributed by atoms with van der Waals surface area (Å²) in [5.41, 5.74) is 3.48. The average molecular weight is 1290 g/mol. The zero-order valence-corrected chi connectivity index (χ0v) is 52.9. The van der Waals surface area contributed by atoms with E-state index < -0.39 is 158 Å². The summed E-state index contributed by atoms with van der Waals surface area (Å²) in [7, 11) is 5.52. The Labute approximate surface area is 533 Å². The van der Waals surface area contributed by atoms with Gasteiger partial charge in [-0.3, -0.25) is 33.6 Å². The number of carboxylic acids is 1. The molecular formula is C65H88N8O19. The first-order valence-electron chi connectivity index (χ1n) is 30.6. The van der Waals surface area contributed by atoms with Crippen molar-refractivity contribution < 1.29 is 98.3 Å². The third-order valence-electron chi connectivity index (χ3n) is 16.1. The number of aliphatic hydroxyl groups is 7. The molecule has 3 heterocycles. The largest absolute Gasteiger partial charge is 0.550 e. The molecule has 4 aromatic rings. The maximum atomic E-state index is 14.8. The molecule has 0 saturated carbocycles. The third kappa shape index (κ3) is 19.7. The van der Waals surface area contributed by atoms with Crippen molar-refractivity contribution in [3.63, 3.8) is 0 Å². The number of aromatic hydroxyl groups is 1. The maximum absolute atomic E-state index is 14.8. The molecule has 0 radical (unpaired) electrons. The van der Waals surface area contributed by atoms with Crippen LogP contribution in [0.3, 0.4) is 0 Å². The van der Waals surface area contributed by atoms with E-state index in [9.17, 15) is 74.4 Å². The number of benzene rings is 4. The smallest absolute Gasteiger partial charge is 0.251 e. The number of likely N-dealkylation sites (N-methyl/N-ethyl adjacent to an activating group) is 1. The quantitative estimate of drug-likeness (QED) is 0.0401. The number of unbranched alkanes of at least 4 members (excludes halogenated alkanes) is 2. The van der Waals surface area contributed by atoms with Gasteiger partial charge in [-0.2, -0.15) is 0 Å². The minimum atomic E-state index is -2.29. The van der Waals surface area contributed by atoms with Crippen molar-refractivity contribution in [2.75, 3.05) is 54.0 Å². The Morgan fingerprint density at radius 2 is 1.17 bits per heavy atom. The van der Waals surface area contributed by atoms with Crippen LogP contribution in [0.5, 0.6) is 11.5 Å². The van der Waals surface area contributed by atoms with E-state index in [0.717, 1.165) is 77.8 Å². The number of carboxylic acid groups (broad SMARTS) is 1. The molecule has 0 unspecified atom stereocenters. The van der Waals surface area contributed by atoms with E-state index in [4.69, 9.17) is 19.4 Å². The Bertz CT molecular complexity index is 3140. The molecule has 4 aromatic carbocycles. The number of rotatable bonds is 18. The lowest BCUT2D eigenvalue weighted by molar-refractivity contribution is -0.870. The Balaban J connectivity index is 0.00000326. The molecule has 27 nitrogen and oxygen atoms in total. The molecule has 3 aliphatic rings. The highest BCUT2D eigenvalue weighted by Gasteiger charge is 2.50. The fraction of sp³-hybridized carbons (Fsp3) is 0.508. The lowest BCUT2D eigenvalue weighted by atomic mass is 9.96. The summed E-state index contributed by atoms with van der Waals surface area (Å²) < 4.78 is 12.3. The minimum Gasteiger partial charge on any atom is -0.550 e. The van der Waals surface area contributed by atoms with Crippen molar-refractivity contribution in [3.05, 3.63) is 108 Å². The lowest BCUT2D eigenvalue weighted by Gasteiger charge is -2.34. The summed E-state index contributed by atoms with van der Waals surface area (Å²) in [6, 6.07) is 15.3. The molecule has 3 saturated heterocycles. The molecule has 502 valence electrons. The van der Waals surface area contributed by atoms with Gasteiger partial charge in [-0.25, -0.2) is 0 Å². The zero-order valence-electron chi connectivity index (χ0n) is 52.9. The number of ether oxygens (including phenoxy) is 2. The van der Waals surface area contributed by atoms with Crippen LogP contribution in [0.25, 0.3) is 22.3 Å². The second kappa shape index (κ2) is 32.9. The van der Waals surface area contributed by atoms with Gasteiger partial charge < -0.3 is 101 Å². The number of fused-ring (bicyclic) bond motifs is 2. The standard InChI is InChI=1S/C63H84N8O17.C2H4O2/c1-8-9-10-28-87-45-25-21-40(22-26-45)38-13-11-37(12-14-38)39-15-17-42(18-16-39)56(80)64-46-31-48(76)61(88-29-27-71(5,6)7)68-60(84)52-53(77)34(2)32-70(52)63(86)50(36(4)73)66-59(83)51(55(79)54(78)41-19-23-43(74)24-20-41)67-58(82)47-30-44(75)33-69(47)62(85)49(35(3)72)65-57(46)81;1-2(3)4/h11-26,34-36,44,46-55,61,72-73,75-79H,8-10,27-33H2,1-7H3,(H5-,64,65,66,67,68,74,80,81,82,83,84);1H3,(H,3,4)/t34-,35+,36+,44+,46-,47-,48+,49-,50-,51-,52-,53-,54-,55-,61+;/m0./s1. The number of phenolic OH excluding ortho intramolecular Hbond substituents is 1. The van der Waals surface area contributed by atoms with E-state index in [1.54, 1.807) is 12.1 Å². The van der Waals surface area contributed by atoms with E-state index in [0.29, 0.717) is 11.1 Å². The maximum Gasteiger partial charge on any atom is 0.251 e. The molecule has 3 aliphatic heterocycles. The topological polar surface area (TPSA) is 407 Å². The second-order valence-corrected chi connectivity index (χ2v) is 24.6. The molecule has 3 fully saturated rings. The minimum absolute atomic E-state index is 0.0470. The number of quaternary nitrogens is 1. The third-order valence-corrected chi connectivity index (χ3v) is 16.1. The zero-order chi connectivity index (χ0) is 67.9. The van der Waals surface area contributed by atoms with Crippen LogP contribution < -0.4 is 36.4 Å². The highest BCUT2D eigenvalue weighted by atomic mass is 16.5. The number of hydrogen-bond donors (Lipinski definition) is 13. The number of nitrogens with one attached hydrogen (secondary N) is 5. The van der Waals surface area contributed by atoms with Crippen LogP contribution in [-0.4, -0.2) is 236 Å². The van der Waals surface area contributed by atoms with Crippen LogP contribution in [-0.2, 0) is 38.3 Å². The van der Waals surface area contributed by atoms with Gasteiger partial charge in [-0.05, 0) is 91.4 Å². The number of nitrogens with zero attached hydrogens (tertiary/aromatic N) is 3. The summed E-state index contributed by atoms with van der Waals surface area (Å²) in [4.78, 5) is 113. The van der Waals surface area contributed by atoms with Gasteiger partial charge >= 0.3 is 0 Å². The Morgan fingerprint density at radius 1 is 0.663 bits per heavy atom. The second-order valence-electron chi connectivity index (χ2n) is 24.6. The number of phenols is 1. The molecule has 0 aromatic heterocycles. The van der Waals surface area contributed by atoms with Crippen molar-refractivity contribution >= 4 is 47.3 Å². The van der Waals surface area contributed by atoms with E-state index in [2.05, 4.69) is 33.5 Å². The predicted octanol–water partition coefficient (Wildman–Crippen LogP) is -1.44. The van der Waals surface area contributed by atoms with Gasteiger partial charge in [0.05, 0.1) is 58.8 Å². The molecule has 15 atom stereocenters. The van der Waals surface area contributed by atoms with Crippen molar-refractivity contribution in [1.82, 2.24) is 36.4 Å². The number of carbonyl (C=O) groups is 8. The van der Waals surface area contributed by atoms with Crippen LogP contribution in [0, 0.1) is 5.92 Å². The molecule has 13 N–H and O–H groups in total. The molecular weight excluding hydrogens is 1200 g/mol. The fourth-order valence-electron chi connectivity index (χ4n) is 10.8. The van der Waals surface area contributed by atoms with Crippen molar-refractivity contribution in [3.8, 4) is 33.8 Å². The summed E-state index contributed by atoms with van der Waals surface area (Å²) in [6.45, 7) is 6.77. The van der Waals surface area contributed by atoms with Gasteiger partial charge in [-0.15, -0.1) is 0 Å². The van der Waals surface area contributed by atoms with Crippen molar-refractivity contribution in [2.24, 2.45) is 5.92 Å². The van der Waals surface area contributed by atoms with E-state index in [1.165, 1.54) is 43.3 Å². The summed E-state index contributed by atoms with van der Waals surface area (Å²) in [6.07, 6.45) is -12.6. The monoisotopic (exact) mass is 1280 g/mol. The van der Waals surface area contributed by atoms with Gasteiger partial charge in [0.25, 0.3) is 5.91 Å². The van der Waals surface area contributed by atoms with E-state index >= 15 is 0 Å². The van der Waals surface area contributed by atoms with Gasteiger partial charge in [0.15, 0.2) is 6.23 Å². The van der Waals surface area contributed by atoms with Crippen LogP contribution in [0.15, 0.2) is 97.1 Å². The molecule has 0 spiro atoms. The first-order valence-corrected chi connectivity index (χ1v) is 30.6. The highest BCUT2D eigenvalue weighted by molar-refractivity contribution is 6.00. The number of carbonyl (C=O) groups excluding carboxylic acids is 8. The summed E-state index contributed by atoms with van der Waals surface area (Å²) >= 11 is 0. The molecule has 0 bridgehead atoms. The predicted molar refractivity (Wildman–Crippen MR) is 331 cm³/mol. The van der Waals surface area contributed by atoms with Crippen molar-refractivity contribution in [2.45, 2.75) is 152 Å². The summed E-state index contributed by atoms with van der Waals surface area (Å²) in [5.74, 6) is -9.33. The van der Waals surface area contributed by atoms with Crippen LogP contribution in [0.2, 0.25) is 0 Å². The van der Waals surface area contributed by atoms with Crippen molar-refractivity contribution in [1.29, 1.82) is 0 Å². The van der Waals surface area contributed by atoms with E-state index in [1.807, 2.05) is 69.7 Å². The number of aliphatic hydroxyl groups excluding tert-OH is 7. The normalized spacial score (nSPS) is 25.8. The molecule has 92 heavy (non-hydrogen) atoms. The molecule has 27 heteroatoms. The van der Waals surface area contributed by atoms with Crippen LogP contribution in [0.1, 0.15) is 88.7 Å². The first-order chi connectivity index (χ1) is 43.4. The number of hydrogen-bond acceptors (Lipinski definition) is 19. The lowest BCUT2D eigenvalue weighted by Crippen LogP contribution is -2.64. The van der Waals surface area contributed by atoms with Crippen LogP contribution in [0.4, 0.5) is 0 Å².